The first-order valence-electron chi connectivity index (χ1n) is 28.0. The zero-order valence-electron chi connectivity index (χ0n) is 47.6. The summed E-state index contributed by atoms with van der Waals surface area (Å²) in [7, 11) is 4.62. The smallest absolute Gasteiger partial charge is 0.329 e. The highest BCUT2D eigenvalue weighted by atomic mass is 16.6. The number of aliphatic hydroxyl groups excluding tert-OH is 1. The minimum Gasteiger partial charge on any atom is -0.460 e. The Hall–Kier alpha value is -5.21. The summed E-state index contributed by atoms with van der Waals surface area (Å²) >= 11 is 0. The minimum atomic E-state index is -2.45. The highest BCUT2D eigenvalue weighted by Crippen LogP contribution is 2.38. The van der Waals surface area contributed by atoms with E-state index in [1.165, 1.54) is 12.0 Å². The second-order valence-electron chi connectivity index (χ2n) is 22.6. The summed E-state index contributed by atoms with van der Waals surface area (Å²) in [5.41, 5.74) is 9.24. The average Bonchev–Trinajstić information content (AvgIpc) is 3.94. The van der Waals surface area contributed by atoms with Crippen molar-refractivity contribution in [2.24, 2.45) is 35.5 Å². The van der Waals surface area contributed by atoms with Crippen LogP contribution in [-0.4, -0.2) is 142 Å². The molecule has 430 valence electrons. The van der Waals surface area contributed by atoms with E-state index >= 15 is 0 Å². The van der Waals surface area contributed by atoms with Crippen LogP contribution in [0, 0.1) is 35.5 Å². The van der Waals surface area contributed by atoms with E-state index in [4.69, 9.17) is 34.2 Å². The van der Waals surface area contributed by atoms with Crippen molar-refractivity contribution >= 4 is 34.9 Å². The fraction of sp³-hybridized carbons (Fsp3) is 0.650. The third kappa shape index (κ3) is 16.0. The maximum Gasteiger partial charge on any atom is 0.329 e. The van der Waals surface area contributed by atoms with Crippen LogP contribution in [0.2, 0.25) is 0 Å². The van der Waals surface area contributed by atoms with E-state index in [1.807, 2.05) is 76.4 Å². The minimum absolute atomic E-state index is 0.00729. The number of fused-ring (bicyclic) bond motifs is 3. The third-order valence-corrected chi connectivity index (χ3v) is 16.6. The maximum atomic E-state index is 14.6. The van der Waals surface area contributed by atoms with Crippen LogP contribution >= 0.6 is 0 Å². The van der Waals surface area contributed by atoms with E-state index in [9.17, 15) is 34.2 Å². The number of ketones is 3. The number of anilines is 1. The number of amides is 1. The lowest BCUT2D eigenvalue weighted by molar-refractivity contribution is -0.265. The number of carbonyl (C=O) groups is 5. The molecule has 1 aromatic carbocycles. The highest BCUT2D eigenvalue weighted by Gasteiger charge is 2.53. The number of methoxy groups -OCH3 is 3. The van der Waals surface area contributed by atoms with Crippen molar-refractivity contribution in [3.05, 3.63) is 83.8 Å². The predicted octanol–water partition coefficient (Wildman–Crippen LogP) is 7.57. The molecular formula is C60H87N5O13. The van der Waals surface area contributed by atoms with Gasteiger partial charge in [0, 0.05) is 64.2 Å². The molecule has 6 rings (SSSR count). The van der Waals surface area contributed by atoms with Crippen LogP contribution in [0.5, 0.6) is 0 Å². The van der Waals surface area contributed by atoms with Crippen LogP contribution in [0.3, 0.4) is 0 Å². The molecule has 4 aliphatic rings. The largest absolute Gasteiger partial charge is 0.460 e. The summed E-state index contributed by atoms with van der Waals surface area (Å²) in [4.78, 5) is 72.9. The van der Waals surface area contributed by atoms with E-state index < -0.39 is 77.8 Å². The number of piperidine rings is 1. The third-order valence-electron chi connectivity index (χ3n) is 16.6. The number of ether oxygens (including phenoxy) is 6. The normalized spacial score (nSPS) is 34.5. The Morgan fingerprint density at radius 3 is 2.31 bits per heavy atom. The molecule has 0 spiro atoms. The van der Waals surface area contributed by atoms with Gasteiger partial charge in [0.05, 0.1) is 42.9 Å². The van der Waals surface area contributed by atoms with Crippen molar-refractivity contribution in [1.29, 1.82) is 0 Å². The molecule has 2 saturated heterocycles. The zero-order chi connectivity index (χ0) is 56.8. The lowest BCUT2D eigenvalue weighted by Gasteiger charge is -2.42. The summed E-state index contributed by atoms with van der Waals surface area (Å²) in [6, 6.07) is 6.15. The van der Waals surface area contributed by atoms with E-state index in [-0.39, 0.29) is 67.5 Å². The Kier molecular flexibility index (Phi) is 22.9. The first kappa shape index (κ1) is 62.0. The Morgan fingerprint density at radius 1 is 0.859 bits per heavy atom. The number of rotatable bonds is 10. The van der Waals surface area contributed by atoms with Crippen LogP contribution in [0.4, 0.5) is 5.69 Å². The molecule has 1 amide bonds. The van der Waals surface area contributed by atoms with Crippen LogP contribution in [-0.2, 0) is 59.0 Å². The van der Waals surface area contributed by atoms with E-state index in [1.54, 1.807) is 57.9 Å². The van der Waals surface area contributed by atoms with Crippen LogP contribution in [0.1, 0.15) is 131 Å². The van der Waals surface area contributed by atoms with Gasteiger partial charge in [-0.05, 0) is 131 Å². The maximum absolute atomic E-state index is 14.6. The molecule has 15 atom stereocenters. The van der Waals surface area contributed by atoms with Gasteiger partial charge in [-0.15, -0.1) is 5.10 Å². The monoisotopic (exact) mass is 1090 g/mol. The Bertz CT molecular complexity index is 2470. The number of nitrogens with zero attached hydrogens (tertiary/aromatic N) is 4. The second-order valence-corrected chi connectivity index (χ2v) is 22.6. The van der Waals surface area contributed by atoms with Crippen LogP contribution in [0.15, 0.2) is 78.1 Å². The standard InChI is InChI=1S/C60H87N5O13/c1-36-16-12-11-13-17-37(2)51(73-8)32-47-25-19-42(7)60(72,78-47)57(69)58(70)64-27-15-14-18-48(64)59(71)77-52(33-49(66)38(3)29-41(6)55(68)56(75-10)54(67)40(5)28-36)39(4)30-43-20-26-50(53(31-43)74-9)76-35-45-34-65(63-62-45)46-23-21-44(61)22-24-46/h11-13,16-17,21-24,29,34,36,38-40,42-43,47-48,50-53,55-56,68,72H,14-15,18-20,25-28,30-33,35,61H2,1-10H3/b13-11?,16-12+,37-17?,41-29+/t36-,38-,39-,40-,42-,43+,47+,48+,50-,51+,52+,53-,55-,56+,60-/m1/s1. The van der Waals surface area contributed by atoms with Crippen LogP contribution in [0.25, 0.3) is 5.69 Å². The topological polar surface area (TPSA) is 241 Å². The lowest BCUT2D eigenvalue weighted by atomic mass is 9.78. The van der Waals surface area contributed by atoms with Gasteiger partial charge >= 0.3 is 5.97 Å². The van der Waals surface area contributed by atoms with Crippen LogP contribution < -0.4 is 5.73 Å². The van der Waals surface area contributed by atoms with Gasteiger partial charge in [-0.25, -0.2) is 9.48 Å². The molecule has 2 aromatic rings. The molecule has 0 unspecified atom stereocenters. The van der Waals surface area contributed by atoms with Gasteiger partial charge in [0.2, 0.25) is 5.79 Å². The number of allylic oxidation sites excluding steroid dienone is 6. The number of hydrogen-bond donors (Lipinski definition) is 3. The fourth-order valence-electron chi connectivity index (χ4n) is 11.6. The Labute approximate surface area is 461 Å². The van der Waals surface area contributed by atoms with E-state index in [2.05, 4.69) is 10.3 Å². The van der Waals surface area contributed by atoms with Gasteiger partial charge < -0.3 is 49.3 Å². The quantitative estimate of drug-likeness (QED) is 0.0899. The molecule has 2 bridgehead atoms. The number of nitrogen functional groups attached to an aromatic ring is 1. The number of cyclic esters (lactones) is 1. The molecule has 18 nitrogen and oxygen atoms in total. The van der Waals surface area contributed by atoms with E-state index in [0.717, 1.165) is 17.7 Å². The second kappa shape index (κ2) is 28.8. The average molecular weight is 1090 g/mol. The highest BCUT2D eigenvalue weighted by molar-refractivity contribution is 6.39. The number of aromatic nitrogens is 3. The van der Waals surface area contributed by atoms with Gasteiger partial charge in [-0.3, -0.25) is 19.2 Å². The van der Waals surface area contributed by atoms with Gasteiger partial charge in [0.1, 0.15) is 35.8 Å². The molecular weight excluding hydrogens is 999 g/mol. The molecule has 3 aliphatic heterocycles. The molecule has 1 saturated carbocycles. The summed E-state index contributed by atoms with van der Waals surface area (Å²) in [6.07, 6.45) is 13.5. The number of carbonyl (C=O) groups excluding carboxylic acids is 5. The number of hydrogen-bond acceptors (Lipinski definition) is 16. The van der Waals surface area contributed by atoms with Gasteiger partial charge in [-0.2, -0.15) is 0 Å². The molecule has 1 aliphatic carbocycles. The van der Waals surface area contributed by atoms with Gasteiger partial charge in [-0.1, -0.05) is 76.3 Å². The number of aliphatic hydroxyl groups is 2. The zero-order valence-corrected chi connectivity index (χ0v) is 47.6. The molecule has 78 heavy (non-hydrogen) atoms. The summed E-state index contributed by atoms with van der Waals surface area (Å²) in [5, 5.41) is 32.2. The molecule has 4 heterocycles. The van der Waals surface area contributed by atoms with Crippen molar-refractivity contribution in [3.8, 4) is 5.69 Å². The molecule has 18 heteroatoms. The lowest BCUT2D eigenvalue weighted by Crippen LogP contribution is -2.61. The molecule has 0 radical (unpaired) electrons. The first-order chi connectivity index (χ1) is 37.2. The van der Waals surface area contributed by atoms with Crippen molar-refractivity contribution in [3.63, 3.8) is 0 Å². The number of Topliss-reactive ketones (excluding diaryl/α,β-unsaturated/α-hetero) is 3. The summed E-state index contributed by atoms with van der Waals surface area (Å²) < 4.78 is 38.1. The first-order valence-corrected chi connectivity index (χ1v) is 28.0. The Morgan fingerprint density at radius 2 is 1.60 bits per heavy atom. The van der Waals surface area contributed by atoms with Crippen molar-refractivity contribution in [1.82, 2.24) is 19.9 Å². The predicted molar refractivity (Wildman–Crippen MR) is 293 cm³/mol. The van der Waals surface area contributed by atoms with Gasteiger partial charge in [0.15, 0.2) is 5.78 Å². The van der Waals surface area contributed by atoms with Crippen molar-refractivity contribution < 1.29 is 62.6 Å². The number of esters is 1. The SMILES string of the molecule is CO[C@H]1C[C@@H]2CC[C@@H](C)[C@@](O)(O2)C(=O)C(=O)N2CCCC[C@H]2C(=O)O[C@H]([C@H](C)C[C@@H]2CC[C@@H](OCc3cn(-c4ccc(N)cc4)nn3)[C@H](OC)C2)CC(=O)[C@H](C)/C=C(\C)[C@@H](O)[C@@H](OC)C(=O)[C@H](C)C[C@H](C)/C=C/C=CC=C1C. The number of nitrogens with two attached hydrogens (primary N) is 1. The summed E-state index contributed by atoms with van der Waals surface area (Å²) in [5.74, 6) is -8.11. The number of benzene rings is 1. The van der Waals surface area contributed by atoms with Crippen molar-refractivity contribution in [2.75, 3.05) is 33.6 Å². The Balaban J connectivity index is 1.24. The van der Waals surface area contributed by atoms with E-state index in [0.29, 0.717) is 74.7 Å². The summed E-state index contributed by atoms with van der Waals surface area (Å²) in [6.45, 7) is 13.0. The van der Waals surface area contributed by atoms with Gasteiger partial charge in [0.25, 0.3) is 11.7 Å². The molecule has 4 N–H and O–H groups in total. The van der Waals surface area contributed by atoms with Crippen molar-refractivity contribution in [2.45, 2.75) is 187 Å². The molecule has 1 aromatic heterocycles. The molecule has 3 fully saturated rings. The fourth-order valence-corrected chi connectivity index (χ4v) is 11.6.